The van der Waals surface area contributed by atoms with Gasteiger partial charge in [-0.15, -0.1) is 0 Å². The van der Waals surface area contributed by atoms with Crippen LogP contribution in [-0.2, 0) is 0 Å². The van der Waals surface area contributed by atoms with Crippen LogP contribution < -0.4 is 5.32 Å². The molecule has 2 nitrogen and oxygen atoms in total. The molecule has 0 radical (unpaired) electrons. The van der Waals surface area contributed by atoms with Crippen molar-refractivity contribution in [2.75, 3.05) is 32.7 Å². The molecule has 0 spiro atoms. The van der Waals surface area contributed by atoms with Gasteiger partial charge in [0, 0.05) is 38.3 Å². The van der Waals surface area contributed by atoms with Gasteiger partial charge in [-0.25, -0.2) is 8.78 Å². The minimum absolute atomic E-state index is 0.361. The summed E-state index contributed by atoms with van der Waals surface area (Å²) in [6.45, 7) is 6.97. The van der Waals surface area contributed by atoms with E-state index in [0.717, 1.165) is 50.8 Å². The minimum Gasteiger partial charge on any atom is -0.314 e. The SMILES string of the molecule is C/C(=C\CCN1CCNCC1)c1cc(F)ccc1F. The summed E-state index contributed by atoms with van der Waals surface area (Å²) in [7, 11) is 0. The smallest absolute Gasteiger partial charge is 0.130 e. The maximum absolute atomic E-state index is 13.6. The number of benzene rings is 1. The summed E-state index contributed by atoms with van der Waals surface area (Å²) in [5.41, 5.74) is 1.16. The molecule has 0 bridgehead atoms. The Kier molecular flexibility index (Phi) is 5.05. The summed E-state index contributed by atoms with van der Waals surface area (Å²) >= 11 is 0. The number of nitrogens with one attached hydrogen (secondary N) is 1. The van der Waals surface area contributed by atoms with Gasteiger partial charge in [0.05, 0.1) is 0 Å². The van der Waals surface area contributed by atoms with Gasteiger partial charge in [-0.1, -0.05) is 6.08 Å². The predicted octanol–water partition coefficient (Wildman–Crippen LogP) is 2.66. The molecule has 1 heterocycles. The van der Waals surface area contributed by atoms with Gasteiger partial charge in [0.25, 0.3) is 0 Å². The number of hydrogen-bond donors (Lipinski definition) is 1. The standard InChI is InChI=1S/C15H20F2N2/c1-12(14-11-13(16)4-5-15(14)17)3-2-8-19-9-6-18-7-10-19/h3-5,11,18H,2,6-10H2,1H3/b12-3+. The van der Waals surface area contributed by atoms with Crippen LogP contribution in [0.5, 0.6) is 0 Å². The number of allylic oxidation sites excluding steroid dienone is 1. The molecule has 2 rings (SSSR count). The molecule has 0 aliphatic carbocycles. The highest BCUT2D eigenvalue weighted by Gasteiger charge is 2.09. The highest BCUT2D eigenvalue weighted by Crippen LogP contribution is 2.19. The third-order valence-corrected chi connectivity index (χ3v) is 3.46. The van der Waals surface area contributed by atoms with E-state index in [2.05, 4.69) is 10.2 Å². The summed E-state index contributed by atoms with van der Waals surface area (Å²) in [5.74, 6) is -0.761. The molecule has 1 fully saturated rings. The molecule has 0 saturated carbocycles. The fourth-order valence-corrected chi connectivity index (χ4v) is 2.31. The fraction of sp³-hybridized carbons (Fsp3) is 0.467. The molecule has 1 N–H and O–H groups in total. The largest absolute Gasteiger partial charge is 0.314 e. The van der Waals surface area contributed by atoms with E-state index in [1.165, 1.54) is 12.1 Å². The Bertz CT molecular complexity index is 451. The van der Waals surface area contributed by atoms with Crippen LogP contribution in [0.3, 0.4) is 0 Å². The molecule has 1 aliphatic rings. The molecule has 0 atom stereocenters. The van der Waals surface area contributed by atoms with Crippen LogP contribution in [0.25, 0.3) is 5.57 Å². The number of halogens is 2. The van der Waals surface area contributed by atoms with Crippen molar-refractivity contribution in [2.24, 2.45) is 0 Å². The maximum Gasteiger partial charge on any atom is 0.130 e. The molecule has 1 aromatic rings. The van der Waals surface area contributed by atoms with Crippen LogP contribution in [-0.4, -0.2) is 37.6 Å². The van der Waals surface area contributed by atoms with Crippen molar-refractivity contribution in [2.45, 2.75) is 13.3 Å². The Labute approximate surface area is 113 Å². The maximum atomic E-state index is 13.6. The van der Waals surface area contributed by atoms with E-state index < -0.39 is 5.82 Å². The van der Waals surface area contributed by atoms with Crippen molar-refractivity contribution in [3.05, 3.63) is 41.5 Å². The quantitative estimate of drug-likeness (QED) is 0.901. The number of rotatable bonds is 4. The molecule has 1 aromatic carbocycles. The number of nitrogens with zero attached hydrogens (tertiary/aromatic N) is 1. The lowest BCUT2D eigenvalue weighted by atomic mass is 10.1. The molecule has 104 valence electrons. The second-order valence-corrected chi connectivity index (χ2v) is 4.89. The molecule has 0 amide bonds. The average Bonchev–Trinajstić information content (AvgIpc) is 2.42. The topological polar surface area (TPSA) is 15.3 Å². The summed E-state index contributed by atoms with van der Waals surface area (Å²) in [6, 6.07) is 3.58. The zero-order valence-corrected chi connectivity index (χ0v) is 11.3. The van der Waals surface area contributed by atoms with Gasteiger partial charge in [-0.2, -0.15) is 0 Å². The lowest BCUT2D eigenvalue weighted by Crippen LogP contribution is -2.43. The van der Waals surface area contributed by atoms with Crippen molar-refractivity contribution >= 4 is 5.57 Å². The van der Waals surface area contributed by atoms with Gasteiger partial charge in [-0.3, -0.25) is 0 Å². The second kappa shape index (κ2) is 6.78. The summed E-state index contributed by atoms with van der Waals surface area (Å²) < 4.78 is 26.7. The van der Waals surface area contributed by atoms with E-state index >= 15 is 0 Å². The molecule has 1 aliphatic heterocycles. The van der Waals surface area contributed by atoms with Gasteiger partial charge in [-0.05, 0) is 37.1 Å². The van der Waals surface area contributed by atoms with Crippen LogP contribution >= 0.6 is 0 Å². The van der Waals surface area contributed by atoms with Crippen molar-refractivity contribution in [1.29, 1.82) is 0 Å². The molecule has 0 aromatic heterocycles. The van der Waals surface area contributed by atoms with Gasteiger partial charge < -0.3 is 10.2 Å². The van der Waals surface area contributed by atoms with Crippen molar-refractivity contribution < 1.29 is 8.78 Å². The van der Waals surface area contributed by atoms with E-state index in [9.17, 15) is 8.78 Å². The van der Waals surface area contributed by atoms with E-state index in [0.29, 0.717) is 5.56 Å². The van der Waals surface area contributed by atoms with Crippen LogP contribution in [0.2, 0.25) is 0 Å². The van der Waals surface area contributed by atoms with Gasteiger partial charge >= 0.3 is 0 Å². The van der Waals surface area contributed by atoms with Gasteiger partial charge in [0.15, 0.2) is 0 Å². The number of piperazine rings is 1. The Morgan fingerprint density at radius 3 is 2.79 bits per heavy atom. The molecule has 0 unspecified atom stereocenters. The van der Waals surface area contributed by atoms with E-state index in [-0.39, 0.29) is 5.82 Å². The van der Waals surface area contributed by atoms with E-state index in [1.807, 2.05) is 13.0 Å². The van der Waals surface area contributed by atoms with Gasteiger partial charge in [0.1, 0.15) is 11.6 Å². The lowest BCUT2D eigenvalue weighted by Gasteiger charge is -2.26. The van der Waals surface area contributed by atoms with Crippen LogP contribution in [0.1, 0.15) is 18.9 Å². The molecular weight excluding hydrogens is 246 g/mol. The monoisotopic (exact) mass is 266 g/mol. The minimum atomic E-state index is -0.397. The summed E-state index contributed by atoms with van der Waals surface area (Å²) in [4.78, 5) is 2.38. The Morgan fingerprint density at radius 2 is 2.05 bits per heavy atom. The predicted molar refractivity (Wildman–Crippen MR) is 73.9 cm³/mol. The average molecular weight is 266 g/mol. The van der Waals surface area contributed by atoms with E-state index in [1.54, 1.807) is 0 Å². The fourth-order valence-electron chi connectivity index (χ4n) is 2.31. The zero-order chi connectivity index (χ0) is 13.7. The summed E-state index contributed by atoms with van der Waals surface area (Å²) in [6.07, 6.45) is 2.85. The highest BCUT2D eigenvalue weighted by atomic mass is 19.1. The highest BCUT2D eigenvalue weighted by molar-refractivity contribution is 5.64. The van der Waals surface area contributed by atoms with E-state index in [4.69, 9.17) is 0 Å². The van der Waals surface area contributed by atoms with Gasteiger partial charge in [0.2, 0.25) is 0 Å². The third-order valence-electron chi connectivity index (χ3n) is 3.46. The van der Waals surface area contributed by atoms with Crippen molar-refractivity contribution in [3.8, 4) is 0 Å². The first kappa shape index (κ1) is 14.2. The Balaban J connectivity index is 1.92. The van der Waals surface area contributed by atoms with Crippen LogP contribution in [0.15, 0.2) is 24.3 Å². The lowest BCUT2D eigenvalue weighted by molar-refractivity contribution is 0.245. The van der Waals surface area contributed by atoms with Crippen LogP contribution in [0, 0.1) is 11.6 Å². The number of hydrogen-bond acceptors (Lipinski definition) is 2. The van der Waals surface area contributed by atoms with Crippen LogP contribution in [0.4, 0.5) is 8.78 Å². The van der Waals surface area contributed by atoms with Crippen molar-refractivity contribution in [1.82, 2.24) is 10.2 Å². The zero-order valence-electron chi connectivity index (χ0n) is 11.3. The molecule has 4 heteroatoms. The molecule has 19 heavy (non-hydrogen) atoms. The third kappa shape index (κ3) is 4.11. The Morgan fingerprint density at radius 1 is 1.32 bits per heavy atom. The van der Waals surface area contributed by atoms with Crippen molar-refractivity contribution in [3.63, 3.8) is 0 Å². The second-order valence-electron chi connectivity index (χ2n) is 4.89. The first-order valence-electron chi connectivity index (χ1n) is 6.72. The first-order valence-corrected chi connectivity index (χ1v) is 6.72. The molecular formula is C15H20F2N2. The summed E-state index contributed by atoms with van der Waals surface area (Å²) in [5, 5.41) is 3.31. The Hall–Kier alpha value is -1.26. The first-order chi connectivity index (χ1) is 9.16. The molecule has 1 saturated heterocycles. The normalized spacial score (nSPS) is 17.7.